The van der Waals surface area contributed by atoms with E-state index in [-0.39, 0.29) is 5.78 Å². The maximum absolute atomic E-state index is 10.4. The summed E-state index contributed by atoms with van der Waals surface area (Å²) in [7, 11) is 0. The summed E-state index contributed by atoms with van der Waals surface area (Å²) in [6, 6.07) is 0. The molecule has 0 saturated heterocycles. The van der Waals surface area contributed by atoms with Gasteiger partial charge in [-0.3, -0.25) is 4.79 Å². The minimum Gasteiger partial charge on any atom is -0.295 e. The van der Waals surface area contributed by atoms with Crippen molar-refractivity contribution in [2.24, 2.45) is 0 Å². The number of carbonyl (C=O) groups excluding carboxylic acids is 1. The van der Waals surface area contributed by atoms with Crippen molar-refractivity contribution in [3.05, 3.63) is 11.6 Å². The Morgan fingerprint density at radius 1 is 1.62 bits per heavy atom. The van der Waals surface area contributed by atoms with Gasteiger partial charge in [0.15, 0.2) is 5.78 Å². The summed E-state index contributed by atoms with van der Waals surface area (Å²) in [5, 5.41) is 0. The van der Waals surface area contributed by atoms with Crippen LogP contribution in [0, 0.1) is 12.3 Å². The molecule has 0 aromatic rings. The molecule has 0 amide bonds. The lowest BCUT2D eigenvalue weighted by atomic mass is 10.2. The van der Waals surface area contributed by atoms with Crippen LogP contribution in [0.25, 0.3) is 0 Å². The van der Waals surface area contributed by atoms with Crippen molar-refractivity contribution >= 4 is 5.78 Å². The van der Waals surface area contributed by atoms with Gasteiger partial charge in [0.05, 0.1) is 0 Å². The summed E-state index contributed by atoms with van der Waals surface area (Å²) in [6.45, 7) is 3.19. The second-order valence-corrected chi connectivity index (χ2v) is 1.55. The highest BCUT2D eigenvalue weighted by Gasteiger charge is 1.90. The molecule has 0 rings (SSSR count). The molecule has 8 heavy (non-hydrogen) atoms. The van der Waals surface area contributed by atoms with Gasteiger partial charge >= 0.3 is 0 Å². The fourth-order valence-electron chi connectivity index (χ4n) is 0.227. The van der Waals surface area contributed by atoms with Crippen molar-refractivity contribution in [2.75, 3.05) is 0 Å². The van der Waals surface area contributed by atoms with E-state index in [1.165, 1.54) is 13.0 Å². The van der Waals surface area contributed by atoms with Crippen molar-refractivity contribution < 1.29 is 4.79 Å². The minimum absolute atomic E-state index is 0.0305. The predicted octanol–water partition coefficient (Wildman–Crippen LogP) is 1.15. The molecule has 0 fully saturated rings. The lowest BCUT2D eigenvalue weighted by Crippen LogP contribution is -1.89. The number of carbonyl (C=O) groups is 1. The Labute approximate surface area is 49.4 Å². The van der Waals surface area contributed by atoms with E-state index in [0.717, 1.165) is 0 Å². The molecule has 0 spiro atoms. The molecule has 0 radical (unpaired) electrons. The van der Waals surface area contributed by atoms with E-state index in [0.29, 0.717) is 5.57 Å². The average molecular weight is 108 g/mol. The zero-order chi connectivity index (χ0) is 6.57. The van der Waals surface area contributed by atoms with Gasteiger partial charge in [-0.05, 0) is 19.9 Å². The Bertz CT molecular complexity index is 158. The van der Waals surface area contributed by atoms with Crippen molar-refractivity contribution in [2.45, 2.75) is 13.8 Å². The van der Waals surface area contributed by atoms with Gasteiger partial charge < -0.3 is 0 Å². The SMILES string of the molecule is C#C/C=C(\C)C(C)=O. The quantitative estimate of drug-likeness (QED) is 0.364. The van der Waals surface area contributed by atoms with E-state index < -0.39 is 0 Å². The third-order valence-corrected chi connectivity index (χ3v) is 0.855. The molecule has 0 aromatic heterocycles. The van der Waals surface area contributed by atoms with Crippen LogP contribution in [0.4, 0.5) is 0 Å². The monoisotopic (exact) mass is 108 g/mol. The van der Waals surface area contributed by atoms with Gasteiger partial charge in [0, 0.05) is 5.57 Å². The first-order valence-electron chi connectivity index (χ1n) is 2.32. The molecule has 0 aliphatic carbocycles. The molecule has 42 valence electrons. The third kappa shape index (κ3) is 2.20. The van der Waals surface area contributed by atoms with Gasteiger partial charge in [0.1, 0.15) is 0 Å². The topological polar surface area (TPSA) is 17.1 Å². The highest BCUT2D eigenvalue weighted by Crippen LogP contribution is 1.90. The van der Waals surface area contributed by atoms with Crippen LogP contribution < -0.4 is 0 Å². The molecule has 0 heterocycles. The molecule has 1 nitrogen and oxygen atoms in total. The molecule has 0 atom stereocenters. The molecule has 0 aliphatic rings. The minimum atomic E-state index is 0.0305. The number of allylic oxidation sites excluding steroid dienone is 2. The molecule has 0 saturated carbocycles. The highest BCUT2D eigenvalue weighted by atomic mass is 16.1. The number of Topliss-reactive ketones (excluding diaryl/α,β-unsaturated/α-hetero) is 1. The van der Waals surface area contributed by atoms with E-state index >= 15 is 0 Å². The number of rotatable bonds is 1. The fourth-order valence-corrected chi connectivity index (χ4v) is 0.227. The van der Waals surface area contributed by atoms with Gasteiger partial charge in [-0.2, -0.15) is 0 Å². The van der Waals surface area contributed by atoms with Crippen LogP contribution >= 0.6 is 0 Å². The second kappa shape index (κ2) is 3.04. The highest BCUT2D eigenvalue weighted by molar-refractivity contribution is 5.93. The summed E-state index contributed by atoms with van der Waals surface area (Å²) in [5.41, 5.74) is 0.632. The van der Waals surface area contributed by atoms with Gasteiger partial charge in [0.2, 0.25) is 0 Å². The first-order valence-corrected chi connectivity index (χ1v) is 2.32. The standard InChI is InChI=1S/C7H8O/c1-4-5-6(2)7(3)8/h1,5H,2-3H3/b6-5+. The molecule has 0 aliphatic heterocycles. The Kier molecular flexibility index (Phi) is 2.64. The largest absolute Gasteiger partial charge is 0.295 e. The maximum Gasteiger partial charge on any atom is 0.156 e. The number of ketones is 1. The van der Waals surface area contributed by atoms with Gasteiger partial charge in [-0.1, -0.05) is 5.92 Å². The van der Waals surface area contributed by atoms with E-state index in [1.54, 1.807) is 6.92 Å². The maximum atomic E-state index is 10.4. The van der Waals surface area contributed by atoms with Crippen LogP contribution in [0.3, 0.4) is 0 Å². The molecular formula is C7H8O. The van der Waals surface area contributed by atoms with Gasteiger partial charge in [-0.25, -0.2) is 0 Å². The first kappa shape index (κ1) is 6.97. The fraction of sp³-hybridized carbons (Fsp3) is 0.286. The molecule has 0 unspecified atom stereocenters. The number of hydrogen-bond donors (Lipinski definition) is 0. The van der Waals surface area contributed by atoms with E-state index in [4.69, 9.17) is 6.42 Å². The summed E-state index contributed by atoms with van der Waals surface area (Å²) in [4.78, 5) is 10.4. The number of terminal acetylenes is 1. The van der Waals surface area contributed by atoms with Gasteiger partial charge in [-0.15, -0.1) is 6.42 Å². The zero-order valence-electron chi connectivity index (χ0n) is 5.06. The first-order chi connectivity index (χ1) is 3.68. The average Bonchev–Trinajstić information content (AvgIpc) is 1.67. The lowest BCUT2D eigenvalue weighted by Gasteiger charge is -1.85. The Balaban J connectivity index is 4.06. The van der Waals surface area contributed by atoms with E-state index in [2.05, 4.69) is 5.92 Å². The van der Waals surface area contributed by atoms with Crippen molar-refractivity contribution in [1.29, 1.82) is 0 Å². The Morgan fingerprint density at radius 2 is 2.12 bits per heavy atom. The summed E-state index contributed by atoms with van der Waals surface area (Å²) >= 11 is 0. The van der Waals surface area contributed by atoms with E-state index in [1.807, 2.05) is 0 Å². The molecule has 0 bridgehead atoms. The van der Waals surface area contributed by atoms with Crippen molar-refractivity contribution in [3.63, 3.8) is 0 Å². The predicted molar refractivity (Wildman–Crippen MR) is 33.3 cm³/mol. The van der Waals surface area contributed by atoms with Gasteiger partial charge in [0.25, 0.3) is 0 Å². The van der Waals surface area contributed by atoms with Crippen LogP contribution in [0.5, 0.6) is 0 Å². The summed E-state index contributed by atoms with van der Waals surface area (Å²) in [5.74, 6) is 2.30. The summed E-state index contributed by atoms with van der Waals surface area (Å²) in [6.07, 6.45) is 6.35. The van der Waals surface area contributed by atoms with Crippen molar-refractivity contribution in [1.82, 2.24) is 0 Å². The molecule has 1 heteroatoms. The molecule has 0 aromatic carbocycles. The van der Waals surface area contributed by atoms with E-state index in [9.17, 15) is 4.79 Å². The molecular weight excluding hydrogens is 100 g/mol. The summed E-state index contributed by atoms with van der Waals surface area (Å²) < 4.78 is 0. The van der Waals surface area contributed by atoms with Crippen LogP contribution in [0.2, 0.25) is 0 Å². The van der Waals surface area contributed by atoms with Crippen molar-refractivity contribution in [3.8, 4) is 12.3 Å². The van der Waals surface area contributed by atoms with Crippen LogP contribution in [-0.4, -0.2) is 5.78 Å². The zero-order valence-corrected chi connectivity index (χ0v) is 5.06. The normalized spacial score (nSPS) is 10.4. The van der Waals surface area contributed by atoms with Crippen LogP contribution in [0.15, 0.2) is 11.6 Å². The Morgan fingerprint density at radius 3 is 2.25 bits per heavy atom. The number of hydrogen-bond acceptors (Lipinski definition) is 1. The second-order valence-electron chi connectivity index (χ2n) is 1.55. The molecule has 0 N–H and O–H groups in total. The smallest absolute Gasteiger partial charge is 0.156 e. The third-order valence-electron chi connectivity index (χ3n) is 0.855. The van der Waals surface area contributed by atoms with Crippen LogP contribution in [-0.2, 0) is 4.79 Å². The Hall–Kier alpha value is -1.03. The van der Waals surface area contributed by atoms with Crippen LogP contribution in [0.1, 0.15) is 13.8 Å². The lowest BCUT2D eigenvalue weighted by molar-refractivity contribution is -0.113.